The first-order chi connectivity index (χ1) is 14.8. The molecule has 4 rings (SSSR count). The van der Waals surface area contributed by atoms with Crippen molar-refractivity contribution in [2.24, 2.45) is 5.92 Å². The quantitative estimate of drug-likeness (QED) is 0.446. The van der Waals surface area contributed by atoms with Crippen LogP contribution in [0.5, 0.6) is 0 Å². The topological polar surface area (TPSA) is 55.2 Å². The molecule has 1 aliphatic heterocycles. The van der Waals surface area contributed by atoms with Crippen LogP contribution >= 0.6 is 15.9 Å². The molecule has 1 fully saturated rings. The molecule has 1 saturated heterocycles. The summed E-state index contributed by atoms with van der Waals surface area (Å²) in [6.45, 7) is 13.4. The van der Waals surface area contributed by atoms with Crippen molar-refractivity contribution in [3.8, 4) is 5.69 Å². The van der Waals surface area contributed by atoms with Gasteiger partial charge in [0.2, 0.25) is 0 Å². The minimum Gasteiger partial charge on any atom is -0.371 e. The number of aryl methyl sites for hydroxylation is 2. The van der Waals surface area contributed by atoms with E-state index in [0.29, 0.717) is 5.92 Å². The zero-order chi connectivity index (χ0) is 22.7. The fraction of sp³-hybridized carbons (Fsp3) is 0.440. The van der Waals surface area contributed by atoms with Crippen molar-refractivity contribution in [1.82, 2.24) is 9.55 Å². The van der Waals surface area contributed by atoms with Gasteiger partial charge in [0.25, 0.3) is 0 Å². The van der Waals surface area contributed by atoms with Gasteiger partial charge < -0.3 is 4.90 Å². The molecule has 0 aliphatic carbocycles. The number of piperidine rings is 1. The molecule has 0 spiro atoms. The van der Waals surface area contributed by atoms with E-state index in [1.807, 2.05) is 0 Å². The molecule has 1 aromatic carbocycles. The summed E-state index contributed by atoms with van der Waals surface area (Å²) >= 11 is 3.81. The number of anilines is 1. The van der Waals surface area contributed by atoms with Gasteiger partial charge in [-0.05, 0) is 83.8 Å². The average Bonchev–Trinajstić information content (AvgIpc) is 3.04. The Hall–Kier alpha value is -2.43. The summed E-state index contributed by atoms with van der Waals surface area (Å²) in [6.07, 6.45) is 5.03. The molecule has 6 heteroatoms. The van der Waals surface area contributed by atoms with E-state index in [1.165, 1.54) is 35.0 Å². The van der Waals surface area contributed by atoms with Crippen molar-refractivity contribution in [2.75, 3.05) is 18.0 Å². The van der Waals surface area contributed by atoms with Crippen molar-refractivity contribution in [1.29, 1.82) is 0 Å². The zero-order valence-electron chi connectivity index (χ0n) is 18.9. The summed E-state index contributed by atoms with van der Waals surface area (Å²) in [5.41, 5.74) is 7.27. The van der Waals surface area contributed by atoms with E-state index >= 15 is 0 Å². The minimum absolute atomic E-state index is 0.250. The van der Waals surface area contributed by atoms with Gasteiger partial charge in [0.1, 0.15) is 5.65 Å². The predicted octanol–water partition coefficient (Wildman–Crippen LogP) is 6.18. The fourth-order valence-corrected chi connectivity index (χ4v) is 4.86. The summed E-state index contributed by atoms with van der Waals surface area (Å²) in [5.74, 6) is 1.35. The van der Waals surface area contributed by atoms with Crippen LogP contribution in [-0.2, 0) is 9.59 Å². The Balaban J connectivity index is 0.000000858. The molecule has 3 heterocycles. The van der Waals surface area contributed by atoms with Gasteiger partial charge in [-0.15, -0.1) is 0 Å². The second-order valence-electron chi connectivity index (χ2n) is 8.78. The molecule has 0 amide bonds. The van der Waals surface area contributed by atoms with Crippen LogP contribution < -0.4 is 4.90 Å². The summed E-state index contributed by atoms with van der Waals surface area (Å²) in [7, 11) is 0. The molecule has 5 nitrogen and oxygen atoms in total. The molecule has 31 heavy (non-hydrogen) atoms. The van der Waals surface area contributed by atoms with Crippen molar-refractivity contribution < 1.29 is 9.59 Å². The van der Waals surface area contributed by atoms with Gasteiger partial charge in [-0.2, -0.15) is 9.59 Å². The summed E-state index contributed by atoms with van der Waals surface area (Å²) in [4.78, 5) is 23.8. The Morgan fingerprint density at radius 1 is 1.10 bits per heavy atom. The number of hydrogen-bond donors (Lipinski definition) is 0. The third-order valence-electron chi connectivity index (χ3n) is 6.08. The lowest BCUT2D eigenvalue weighted by Crippen LogP contribution is -2.33. The number of hydrogen-bond acceptors (Lipinski definition) is 4. The second kappa shape index (κ2) is 9.80. The molecular formula is C25H30BrN3O2. The molecule has 0 radical (unpaired) electrons. The molecule has 0 unspecified atom stereocenters. The van der Waals surface area contributed by atoms with E-state index < -0.39 is 0 Å². The third-order valence-corrected chi connectivity index (χ3v) is 6.71. The predicted molar refractivity (Wildman–Crippen MR) is 128 cm³/mol. The first-order valence-electron chi connectivity index (χ1n) is 10.8. The molecule has 0 bridgehead atoms. The second-order valence-corrected chi connectivity index (χ2v) is 9.64. The standard InChI is InChI=1S/C24H30BrN3.CO2/c1-15(2)19-6-7-21(20(25)13-19)28-14-17(4)23-22(12-18(5)26-24(23)28)27-10-8-16(3)9-11-27;2-1-3/h6-7,12-16H,8-11H2,1-5H3;. The maximum absolute atomic E-state index is 8.12. The SMILES string of the molecule is Cc1cc(N2CCC(C)CC2)c2c(C)cn(-c3ccc(C(C)C)cc3Br)c2n1.O=C=O. The van der Waals surface area contributed by atoms with Crippen molar-refractivity contribution in [3.05, 3.63) is 51.8 Å². The van der Waals surface area contributed by atoms with Gasteiger partial charge in [0, 0.05) is 40.5 Å². The Bertz CT molecular complexity index is 1110. The number of pyridine rings is 1. The Morgan fingerprint density at radius 2 is 1.74 bits per heavy atom. The van der Waals surface area contributed by atoms with Crippen LogP contribution in [0.15, 0.2) is 34.9 Å². The zero-order valence-corrected chi connectivity index (χ0v) is 20.5. The molecule has 2 aromatic heterocycles. The lowest BCUT2D eigenvalue weighted by molar-refractivity contribution is -0.191. The van der Waals surface area contributed by atoms with Gasteiger partial charge >= 0.3 is 6.15 Å². The van der Waals surface area contributed by atoms with Gasteiger partial charge in [-0.1, -0.05) is 26.8 Å². The highest BCUT2D eigenvalue weighted by atomic mass is 79.9. The minimum atomic E-state index is 0.250. The monoisotopic (exact) mass is 483 g/mol. The first-order valence-corrected chi connectivity index (χ1v) is 11.6. The highest BCUT2D eigenvalue weighted by Gasteiger charge is 2.22. The van der Waals surface area contributed by atoms with E-state index in [9.17, 15) is 0 Å². The summed E-state index contributed by atoms with van der Waals surface area (Å²) in [6, 6.07) is 8.95. The fourth-order valence-electron chi connectivity index (χ4n) is 4.27. The number of nitrogens with zero attached hydrogens (tertiary/aromatic N) is 3. The van der Waals surface area contributed by atoms with Crippen LogP contribution in [0.3, 0.4) is 0 Å². The number of benzene rings is 1. The lowest BCUT2D eigenvalue weighted by Gasteiger charge is -2.33. The number of aromatic nitrogens is 2. The third kappa shape index (κ3) is 4.91. The summed E-state index contributed by atoms with van der Waals surface area (Å²) < 4.78 is 3.37. The molecular weight excluding hydrogens is 454 g/mol. The van der Waals surface area contributed by atoms with Crippen LogP contribution in [0.4, 0.5) is 5.69 Å². The molecule has 0 saturated carbocycles. The van der Waals surface area contributed by atoms with Crippen molar-refractivity contribution in [3.63, 3.8) is 0 Å². The van der Waals surface area contributed by atoms with E-state index in [0.717, 1.165) is 40.5 Å². The number of carbonyl (C=O) groups excluding carboxylic acids is 2. The van der Waals surface area contributed by atoms with Gasteiger partial charge in [-0.25, -0.2) is 4.98 Å². The number of halogens is 1. The molecule has 3 aromatic rings. The van der Waals surface area contributed by atoms with Gasteiger partial charge in [0.15, 0.2) is 0 Å². The summed E-state index contributed by atoms with van der Waals surface area (Å²) in [5, 5.41) is 1.29. The normalized spacial score (nSPS) is 14.5. The van der Waals surface area contributed by atoms with Crippen LogP contribution in [0.2, 0.25) is 0 Å². The highest BCUT2D eigenvalue weighted by molar-refractivity contribution is 9.10. The Labute approximate surface area is 192 Å². The molecule has 164 valence electrons. The van der Waals surface area contributed by atoms with Crippen LogP contribution in [0.25, 0.3) is 16.7 Å². The molecule has 1 aliphatic rings. The maximum atomic E-state index is 8.12. The first kappa shape index (κ1) is 23.2. The largest absolute Gasteiger partial charge is 0.373 e. The molecule has 0 N–H and O–H groups in total. The van der Waals surface area contributed by atoms with Crippen LogP contribution in [0.1, 0.15) is 56.4 Å². The molecule has 0 atom stereocenters. The van der Waals surface area contributed by atoms with Crippen molar-refractivity contribution >= 4 is 38.8 Å². The average molecular weight is 484 g/mol. The van der Waals surface area contributed by atoms with E-state index in [-0.39, 0.29) is 6.15 Å². The smallest absolute Gasteiger partial charge is 0.371 e. The van der Waals surface area contributed by atoms with E-state index in [1.54, 1.807) is 0 Å². The van der Waals surface area contributed by atoms with Crippen molar-refractivity contribution in [2.45, 2.75) is 53.4 Å². The van der Waals surface area contributed by atoms with Gasteiger partial charge in [-0.3, -0.25) is 4.57 Å². The number of rotatable bonds is 3. The number of fused-ring (bicyclic) bond motifs is 1. The Morgan fingerprint density at radius 3 is 2.32 bits per heavy atom. The highest BCUT2D eigenvalue weighted by Crippen LogP contribution is 2.36. The maximum Gasteiger partial charge on any atom is 0.373 e. The van der Waals surface area contributed by atoms with Crippen LogP contribution in [0, 0.1) is 19.8 Å². The Kier molecular flexibility index (Phi) is 7.34. The van der Waals surface area contributed by atoms with E-state index in [4.69, 9.17) is 14.6 Å². The lowest BCUT2D eigenvalue weighted by atomic mass is 9.98. The van der Waals surface area contributed by atoms with Crippen LogP contribution in [-0.4, -0.2) is 28.8 Å². The van der Waals surface area contributed by atoms with Gasteiger partial charge in [0.05, 0.1) is 5.69 Å². The van der Waals surface area contributed by atoms with E-state index in [2.05, 4.69) is 90.5 Å².